The van der Waals surface area contributed by atoms with E-state index in [0.29, 0.717) is 11.8 Å². The maximum absolute atomic E-state index is 4.39. The Bertz CT molecular complexity index is 909. The molecule has 0 saturated heterocycles. The summed E-state index contributed by atoms with van der Waals surface area (Å²) in [5, 5.41) is 2.74. The lowest BCUT2D eigenvalue weighted by Crippen LogP contribution is -2.23. The van der Waals surface area contributed by atoms with E-state index in [9.17, 15) is 0 Å². The molecule has 2 aromatic rings. The molecule has 3 atom stereocenters. The highest BCUT2D eigenvalue weighted by Gasteiger charge is 2.31. The molecule has 2 aliphatic rings. The molecule has 0 heteroatoms. The predicted molar refractivity (Wildman–Crippen MR) is 113 cm³/mol. The smallest absolute Gasteiger partial charge is 0.00425 e. The van der Waals surface area contributed by atoms with Gasteiger partial charge in [0.05, 0.1) is 0 Å². The molecule has 0 spiro atoms. The van der Waals surface area contributed by atoms with Crippen molar-refractivity contribution in [2.24, 2.45) is 17.8 Å². The third-order valence-corrected chi connectivity index (χ3v) is 6.77. The van der Waals surface area contributed by atoms with E-state index in [4.69, 9.17) is 0 Å². The molecule has 0 radical (unpaired) electrons. The fraction of sp³-hybridized carbons (Fsp3) is 0.385. The molecule has 4 rings (SSSR count). The summed E-state index contributed by atoms with van der Waals surface area (Å²) in [5.74, 6) is 1.96. The SMILES string of the molecule is C=C(C)C(Cc1ccc2ccccc2c1C)C1CCC2=C(C1)C(C)C=C2. The Hall–Kier alpha value is -2.08. The fourth-order valence-corrected chi connectivity index (χ4v) is 5.08. The van der Waals surface area contributed by atoms with Crippen molar-refractivity contribution in [1.29, 1.82) is 0 Å². The van der Waals surface area contributed by atoms with Gasteiger partial charge in [-0.15, -0.1) is 0 Å². The Morgan fingerprint density at radius 3 is 2.81 bits per heavy atom. The van der Waals surface area contributed by atoms with Gasteiger partial charge in [-0.3, -0.25) is 0 Å². The van der Waals surface area contributed by atoms with Crippen LogP contribution in [0.5, 0.6) is 0 Å². The summed E-state index contributed by atoms with van der Waals surface area (Å²) in [6.07, 6.45) is 9.70. The normalized spacial score (nSPS) is 23.3. The minimum Gasteiger partial charge on any atom is -0.0998 e. The molecule has 0 nitrogen and oxygen atoms in total. The van der Waals surface area contributed by atoms with Gasteiger partial charge in [-0.05, 0) is 84.8 Å². The first kappa shape index (κ1) is 17.3. The quantitative estimate of drug-likeness (QED) is 0.516. The van der Waals surface area contributed by atoms with Crippen molar-refractivity contribution in [2.75, 3.05) is 0 Å². The molecule has 134 valence electrons. The van der Waals surface area contributed by atoms with Gasteiger partial charge in [0.25, 0.3) is 0 Å². The molecule has 0 amide bonds. The van der Waals surface area contributed by atoms with Gasteiger partial charge in [0, 0.05) is 0 Å². The van der Waals surface area contributed by atoms with Gasteiger partial charge in [-0.25, -0.2) is 0 Å². The van der Waals surface area contributed by atoms with Crippen LogP contribution in [0.1, 0.15) is 44.2 Å². The second-order valence-corrected chi connectivity index (χ2v) is 8.43. The number of allylic oxidation sites excluding steroid dienone is 5. The van der Waals surface area contributed by atoms with Gasteiger partial charge in [0.2, 0.25) is 0 Å². The van der Waals surface area contributed by atoms with Crippen LogP contribution in [0.2, 0.25) is 0 Å². The van der Waals surface area contributed by atoms with Crippen molar-refractivity contribution in [3.05, 3.63) is 83.0 Å². The molecule has 0 saturated carbocycles. The van der Waals surface area contributed by atoms with Crippen molar-refractivity contribution < 1.29 is 0 Å². The van der Waals surface area contributed by atoms with Crippen LogP contribution in [0.4, 0.5) is 0 Å². The van der Waals surface area contributed by atoms with Gasteiger partial charge in [-0.1, -0.05) is 73.2 Å². The van der Waals surface area contributed by atoms with Gasteiger partial charge >= 0.3 is 0 Å². The predicted octanol–water partition coefficient (Wildman–Crippen LogP) is 7.19. The van der Waals surface area contributed by atoms with E-state index in [1.165, 1.54) is 46.7 Å². The topological polar surface area (TPSA) is 0 Å². The summed E-state index contributed by atoms with van der Waals surface area (Å²) in [6, 6.07) is 13.4. The molecule has 0 bridgehead atoms. The molecular formula is C26H30. The van der Waals surface area contributed by atoms with Crippen LogP contribution in [0, 0.1) is 24.7 Å². The van der Waals surface area contributed by atoms with E-state index in [1.807, 2.05) is 0 Å². The zero-order chi connectivity index (χ0) is 18.3. The second-order valence-electron chi connectivity index (χ2n) is 8.43. The molecule has 0 aromatic heterocycles. The van der Waals surface area contributed by atoms with Crippen LogP contribution in [-0.4, -0.2) is 0 Å². The largest absolute Gasteiger partial charge is 0.0998 e. The van der Waals surface area contributed by atoms with Crippen molar-refractivity contribution in [1.82, 2.24) is 0 Å². The first-order chi connectivity index (χ1) is 12.5. The van der Waals surface area contributed by atoms with Crippen LogP contribution in [0.3, 0.4) is 0 Å². The fourth-order valence-electron chi connectivity index (χ4n) is 5.08. The van der Waals surface area contributed by atoms with Gasteiger partial charge in [0.15, 0.2) is 0 Å². The Labute approximate surface area is 158 Å². The molecule has 0 fully saturated rings. The number of hydrogen-bond donors (Lipinski definition) is 0. The van der Waals surface area contributed by atoms with Gasteiger partial charge in [0.1, 0.15) is 0 Å². The highest BCUT2D eigenvalue weighted by atomic mass is 14.4. The third-order valence-electron chi connectivity index (χ3n) is 6.77. The number of aryl methyl sites for hydroxylation is 1. The van der Waals surface area contributed by atoms with Crippen molar-refractivity contribution in [3.8, 4) is 0 Å². The van der Waals surface area contributed by atoms with Gasteiger partial charge < -0.3 is 0 Å². The van der Waals surface area contributed by atoms with Crippen LogP contribution in [0.15, 0.2) is 71.8 Å². The van der Waals surface area contributed by atoms with Crippen molar-refractivity contribution in [3.63, 3.8) is 0 Å². The van der Waals surface area contributed by atoms with Crippen molar-refractivity contribution in [2.45, 2.75) is 46.5 Å². The summed E-state index contributed by atoms with van der Waals surface area (Å²) >= 11 is 0. The lowest BCUT2D eigenvalue weighted by atomic mass is 9.71. The highest BCUT2D eigenvalue weighted by molar-refractivity contribution is 5.86. The van der Waals surface area contributed by atoms with E-state index < -0.39 is 0 Å². The zero-order valence-electron chi connectivity index (χ0n) is 16.4. The molecule has 0 aliphatic heterocycles. The van der Waals surface area contributed by atoms with E-state index >= 15 is 0 Å². The van der Waals surface area contributed by atoms with Crippen LogP contribution >= 0.6 is 0 Å². The minimum atomic E-state index is 0.580. The third kappa shape index (κ3) is 3.07. The minimum absolute atomic E-state index is 0.580. The first-order valence-electron chi connectivity index (χ1n) is 10.1. The summed E-state index contributed by atoms with van der Waals surface area (Å²) in [4.78, 5) is 0. The van der Waals surface area contributed by atoms with E-state index in [2.05, 4.69) is 75.9 Å². The van der Waals surface area contributed by atoms with E-state index in [-0.39, 0.29) is 0 Å². The van der Waals surface area contributed by atoms with E-state index in [1.54, 1.807) is 11.1 Å². The maximum Gasteiger partial charge on any atom is -0.00425 e. The monoisotopic (exact) mass is 342 g/mol. The Morgan fingerprint density at radius 1 is 1.19 bits per heavy atom. The standard InChI is InChI=1S/C26H30/c1-17(2)25(23-14-12-21-10-9-18(3)26(21)16-23)15-22-13-11-20-7-5-6-8-24(20)19(22)4/h5-11,13,18,23,25H,1,12,14-16H2,2-4H3. The second kappa shape index (κ2) is 6.91. The highest BCUT2D eigenvalue weighted by Crippen LogP contribution is 2.43. The summed E-state index contributed by atoms with van der Waals surface area (Å²) in [5.41, 5.74) is 7.61. The number of benzene rings is 2. The Kier molecular flexibility index (Phi) is 4.61. The molecule has 2 aromatic carbocycles. The molecule has 3 unspecified atom stereocenters. The molecule has 0 N–H and O–H groups in total. The first-order valence-corrected chi connectivity index (χ1v) is 10.1. The Balaban J connectivity index is 1.61. The molecule has 2 aliphatic carbocycles. The van der Waals surface area contributed by atoms with Crippen LogP contribution in [-0.2, 0) is 6.42 Å². The average Bonchev–Trinajstić information content (AvgIpc) is 3.01. The summed E-state index contributed by atoms with van der Waals surface area (Å²) in [6.45, 7) is 11.3. The van der Waals surface area contributed by atoms with E-state index in [0.717, 1.165) is 12.3 Å². The van der Waals surface area contributed by atoms with Gasteiger partial charge in [-0.2, -0.15) is 0 Å². The molecule has 26 heavy (non-hydrogen) atoms. The lowest BCUT2D eigenvalue weighted by Gasteiger charge is -2.33. The Morgan fingerprint density at radius 2 is 2.00 bits per heavy atom. The maximum atomic E-state index is 4.39. The summed E-state index contributed by atoms with van der Waals surface area (Å²) < 4.78 is 0. The number of hydrogen-bond acceptors (Lipinski definition) is 0. The molecular weight excluding hydrogens is 312 g/mol. The van der Waals surface area contributed by atoms with Crippen LogP contribution < -0.4 is 0 Å². The zero-order valence-corrected chi connectivity index (χ0v) is 16.4. The number of fused-ring (bicyclic) bond motifs is 1. The summed E-state index contributed by atoms with van der Waals surface area (Å²) in [7, 11) is 0. The average molecular weight is 343 g/mol. The number of rotatable bonds is 4. The molecule has 0 heterocycles. The van der Waals surface area contributed by atoms with Crippen LogP contribution in [0.25, 0.3) is 10.8 Å². The lowest BCUT2D eigenvalue weighted by molar-refractivity contribution is 0.330. The van der Waals surface area contributed by atoms with Crippen molar-refractivity contribution >= 4 is 10.8 Å².